The zero-order valence-corrected chi connectivity index (χ0v) is 16.2. The number of nitrogens with zero attached hydrogens (tertiary/aromatic N) is 5. The highest BCUT2D eigenvalue weighted by Gasteiger charge is 2.29. The van der Waals surface area contributed by atoms with Crippen molar-refractivity contribution < 1.29 is 9.59 Å². The van der Waals surface area contributed by atoms with Crippen LogP contribution in [0.3, 0.4) is 0 Å². The van der Waals surface area contributed by atoms with Crippen molar-refractivity contribution in [2.24, 2.45) is 0 Å². The van der Waals surface area contributed by atoms with Crippen molar-refractivity contribution in [3.8, 4) is 11.4 Å². The second kappa shape index (κ2) is 7.53. The van der Waals surface area contributed by atoms with Crippen molar-refractivity contribution in [1.82, 2.24) is 25.2 Å². The highest BCUT2D eigenvalue weighted by Crippen LogP contribution is 2.29. The molecular weight excluding hydrogens is 356 g/mol. The van der Waals surface area contributed by atoms with Gasteiger partial charge in [-0.15, -0.1) is 0 Å². The Morgan fingerprint density at radius 1 is 1.25 bits per heavy atom. The Labute approximate surface area is 164 Å². The Hall–Kier alpha value is -3.03. The first-order valence-electron chi connectivity index (χ1n) is 9.56. The molecule has 2 aromatic heterocycles. The number of nitrogens with one attached hydrogen (secondary N) is 1. The van der Waals surface area contributed by atoms with Crippen LogP contribution in [0.2, 0.25) is 0 Å². The van der Waals surface area contributed by atoms with E-state index in [1.165, 1.54) is 0 Å². The minimum Gasteiger partial charge on any atom is -0.362 e. The Bertz CT molecular complexity index is 899. The molecule has 2 aliphatic rings. The standard InChI is InChI=1S/C20H24N6O2/c1-25(2)20-15-7-10-26(18(28)11-14-3-4-17(27)22-14)12-16(15)23-19(24-20)13-5-8-21-9-6-13/h5-6,8-9,14H,3-4,7,10-12H2,1-2H3,(H,22,27)/t14-/m0/s1. The average Bonchev–Trinajstić information content (AvgIpc) is 3.11. The summed E-state index contributed by atoms with van der Waals surface area (Å²) in [6, 6.07) is 3.72. The van der Waals surface area contributed by atoms with E-state index < -0.39 is 0 Å². The number of pyridine rings is 1. The highest BCUT2D eigenvalue weighted by molar-refractivity contribution is 5.82. The Balaban J connectivity index is 1.59. The summed E-state index contributed by atoms with van der Waals surface area (Å²) in [5.41, 5.74) is 2.89. The number of amides is 2. The van der Waals surface area contributed by atoms with Crippen LogP contribution < -0.4 is 10.2 Å². The van der Waals surface area contributed by atoms with Gasteiger partial charge in [0.25, 0.3) is 0 Å². The molecule has 0 bridgehead atoms. The molecule has 1 saturated heterocycles. The smallest absolute Gasteiger partial charge is 0.224 e. The van der Waals surface area contributed by atoms with E-state index in [-0.39, 0.29) is 17.9 Å². The number of carbonyl (C=O) groups is 2. The summed E-state index contributed by atoms with van der Waals surface area (Å²) < 4.78 is 0. The summed E-state index contributed by atoms with van der Waals surface area (Å²) in [7, 11) is 3.94. The van der Waals surface area contributed by atoms with Crippen molar-refractivity contribution in [2.45, 2.75) is 38.3 Å². The Kier molecular flexibility index (Phi) is 4.93. The molecular formula is C20H24N6O2. The van der Waals surface area contributed by atoms with E-state index in [9.17, 15) is 9.59 Å². The summed E-state index contributed by atoms with van der Waals surface area (Å²) in [4.78, 5) is 41.6. The van der Waals surface area contributed by atoms with E-state index in [0.717, 1.165) is 35.5 Å². The molecule has 4 heterocycles. The average molecular weight is 380 g/mol. The van der Waals surface area contributed by atoms with Gasteiger partial charge in [-0.25, -0.2) is 9.97 Å². The lowest BCUT2D eigenvalue weighted by atomic mass is 10.0. The summed E-state index contributed by atoms with van der Waals surface area (Å²) in [5.74, 6) is 1.63. The van der Waals surface area contributed by atoms with E-state index >= 15 is 0 Å². The second-order valence-electron chi connectivity index (χ2n) is 7.50. The highest BCUT2D eigenvalue weighted by atomic mass is 16.2. The van der Waals surface area contributed by atoms with Crippen molar-refractivity contribution in [3.05, 3.63) is 35.8 Å². The van der Waals surface area contributed by atoms with E-state index in [0.29, 0.717) is 31.8 Å². The van der Waals surface area contributed by atoms with Crippen LogP contribution in [0.15, 0.2) is 24.5 Å². The third-order valence-corrected chi connectivity index (χ3v) is 5.26. The molecule has 2 amide bonds. The van der Waals surface area contributed by atoms with Gasteiger partial charge in [-0.3, -0.25) is 14.6 Å². The van der Waals surface area contributed by atoms with Crippen LogP contribution in [0.5, 0.6) is 0 Å². The summed E-state index contributed by atoms with van der Waals surface area (Å²) >= 11 is 0. The largest absolute Gasteiger partial charge is 0.362 e. The van der Waals surface area contributed by atoms with Gasteiger partial charge in [0.05, 0.1) is 12.2 Å². The minimum absolute atomic E-state index is 0.0344. The van der Waals surface area contributed by atoms with E-state index in [2.05, 4.69) is 10.3 Å². The molecule has 8 nitrogen and oxygen atoms in total. The summed E-state index contributed by atoms with van der Waals surface area (Å²) in [6.07, 6.45) is 5.76. The van der Waals surface area contributed by atoms with Gasteiger partial charge in [-0.2, -0.15) is 0 Å². The van der Waals surface area contributed by atoms with Gasteiger partial charge in [0.15, 0.2) is 5.82 Å². The lowest BCUT2D eigenvalue weighted by Gasteiger charge is -2.31. The maximum atomic E-state index is 12.8. The number of aromatic nitrogens is 3. The lowest BCUT2D eigenvalue weighted by molar-refractivity contribution is -0.132. The molecule has 0 aliphatic carbocycles. The molecule has 2 aromatic rings. The van der Waals surface area contributed by atoms with E-state index in [1.807, 2.05) is 36.0 Å². The summed E-state index contributed by atoms with van der Waals surface area (Å²) in [6.45, 7) is 1.11. The monoisotopic (exact) mass is 380 g/mol. The molecule has 0 unspecified atom stereocenters. The normalized spacial score (nSPS) is 18.6. The molecule has 8 heteroatoms. The van der Waals surface area contributed by atoms with E-state index in [4.69, 9.17) is 9.97 Å². The van der Waals surface area contributed by atoms with Crippen LogP contribution >= 0.6 is 0 Å². The van der Waals surface area contributed by atoms with Crippen molar-refractivity contribution in [2.75, 3.05) is 25.5 Å². The first-order valence-corrected chi connectivity index (χ1v) is 9.56. The minimum atomic E-state index is -0.0449. The molecule has 1 atom stereocenters. The number of anilines is 1. The van der Waals surface area contributed by atoms with Crippen LogP contribution in [0.1, 0.15) is 30.5 Å². The SMILES string of the molecule is CN(C)c1nc(-c2ccncc2)nc2c1CCN(C(=O)C[C@@H]1CCC(=O)N1)C2. The quantitative estimate of drug-likeness (QED) is 0.856. The van der Waals surface area contributed by atoms with Gasteiger partial charge in [0, 0.05) is 63.0 Å². The maximum Gasteiger partial charge on any atom is 0.224 e. The fourth-order valence-electron chi connectivity index (χ4n) is 3.79. The molecule has 0 spiro atoms. The van der Waals surface area contributed by atoms with Crippen molar-refractivity contribution in [3.63, 3.8) is 0 Å². The number of hydrogen-bond donors (Lipinski definition) is 1. The maximum absolute atomic E-state index is 12.8. The van der Waals surface area contributed by atoms with Gasteiger partial charge < -0.3 is 15.1 Å². The van der Waals surface area contributed by atoms with Crippen LogP contribution in [0.4, 0.5) is 5.82 Å². The lowest BCUT2D eigenvalue weighted by Crippen LogP contribution is -2.40. The summed E-state index contributed by atoms with van der Waals surface area (Å²) in [5, 5.41) is 2.87. The molecule has 1 fully saturated rings. The number of rotatable bonds is 4. The molecule has 28 heavy (non-hydrogen) atoms. The molecule has 1 N–H and O–H groups in total. The van der Waals surface area contributed by atoms with Crippen LogP contribution in [0, 0.1) is 0 Å². The number of fused-ring (bicyclic) bond motifs is 1. The molecule has 0 radical (unpaired) electrons. The van der Waals surface area contributed by atoms with Gasteiger partial charge in [-0.1, -0.05) is 0 Å². The fourth-order valence-corrected chi connectivity index (χ4v) is 3.79. The number of carbonyl (C=O) groups excluding carboxylic acids is 2. The van der Waals surface area contributed by atoms with Crippen LogP contribution in [-0.2, 0) is 22.6 Å². The van der Waals surface area contributed by atoms with Crippen LogP contribution in [0.25, 0.3) is 11.4 Å². The predicted octanol–water partition coefficient (Wildman–Crippen LogP) is 1.16. The topological polar surface area (TPSA) is 91.3 Å². The van der Waals surface area contributed by atoms with Gasteiger partial charge in [-0.05, 0) is 25.0 Å². The van der Waals surface area contributed by atoms with Gasteiger partial charge >= 0.3 is 0 Å². The molecule has 0 saturated carbocycles. The molecule has 0 aromatic carbocycles. The predicted molar refractivity (Wildman–Crippen MR) is 104 cm³/mol. The van der Waals surface area contributed by atoms with E-state index in [1.54, 1.807) is 12.4 Å². The van der Waals surface area contributed by atoms with Crippen LogP contribution in [-0.4, -0.2) is 58.3 Å². The fraction of sp³-hybridized carbons (Fsp3) is 0.450. The zero-order chi connectivity index (χ0) is 19.7. The third kappa shape index (κ3) is 3.67. The number of hydrogen-bond acceptors (Lipinski definition) is 6. The zero-order valence-electron chi connectivity index (χ0n) is 16.2. The van der Waals surface area contributed by atoms with Gasteiger partial charge in [0.2, 0.25) is 11.8 Å². The Morgan fingerprint density at radius 3 is 2.71 bits per heavy atom. The van der Waals surface area contributed by atoms with Crippen molar-refractivity contribution in [1.29, 1.82) is 0 Å². The first kappa shape index (κ1) is 18.3. The van der Waals surface area contributed by atoms with Crippen molar-refractivity contribution >= 4 is 17.6 Å². The molecule has 146 valence electrons. The second-order valence-corrected chi connectivity index (χ2v) is 7.50. The Morgan fingerprint density at radius 2 is 2.04 bits per heavy atom. The third-order valence-electron chi connectivity index (χ3n) is 5.26. The van der Waals surface area contributed by atoms with Gasteiger partial charge in [0.1, 0.15) is 5.82 Å². The molecule has 4 rings (SSSR count). The first-order chi connectivity index (χ1) is 13.5. The molecule has 2 aliphatic heterocycles.